The van der Waals surface area contributed by atoms with Gasteiger partial charge in [0.15, 0.2) is 11.6 Å². The molecule has 0 aliphatic carbocycles. The maximum Gasteiger partial charge on any atom is 0.199 e. The Bertz CT molecular complexity index is 895. The van der Waals surface area contributed by atoms with Crippen molar-refractivity contribution in [2.45, 2.75) is 6.92 Å². The van der Waals surface area contributed by atoms with Crippen molar-refractivity contribution in [3.05, 3.63) is 87.3 Å². The summed E-state index contributed by atoms with van der Waals surface area (Å²) in [5, 5.41) is 2.77. The normalized spacial score (nSPS) is 16.5. The van der Waals surface area contributed by atoms with Crippen LogP contribution < -0.4 is 0 Å². The summed E-state index contributed by atoms with van der Waals surface area (Å²) in [5.41, 5.74) is 4.00. The average molecular weight is 333 g/mol. The van der Waals surface area contributed by atoms with Crippen LogP contribution in [0, 0.1) is 6.92 Å². The number of benzene rings is 2. The quantitative estimate of drug-likeness (QED) is 0.628. The van der Waals surface area contributed by atoms with Crippen LogP contribution in [0.1, 0.15) is 21.5 Å². The summed E-state index contributed by atoms with van der Waals surface area (Å²) >= 11 is 1.46. The van der Waals surface area contributed by atoms with Crippen LogP contribution in [-0.4, -0.2) is 23.0 Å². The van der Waals surface area contributed by atoms with Gasteiger partial charge in [-0.25, -0.2) is 0 Å². The van der Waals surface area contributed by atoms with E-state index in [1.165, 1.54) is 11.8 Å². The highest BCUT2D eigenvalue weighted by molar-refractivity contribution is 8.06. The van der Waals surface area contributed by atoms with Gasteiger partial charge in [0.25, 0.3) is 0 Å². The summed E-state index contributed by atoms with van der Waals surface area (Å²) in [6.45, 7) is 2.21. The number of thioether (sulfide) groups is 1. The molecule has 0 atom stereocenters. The summed E-state index contributed by atoms with van der Waals surface area (Å²) in [7, 11) is 0. The van der Waals surface area contributed by atoms with Crippen LogP contribution in [-0.2, 0) is 4.79 Å². The van der Waals surface area contributed by atoms with Crippen LogP contribution in [0.2, 0.25) is 0 Å². The predicted octanol–water partition coefficient (Wildman–Crippen LogP) is 4.02. The molecule has 3 nitrogen and oxygen atoms in total. The molecule has 2 aliphatic heterocycles. The zero-order valence-corrected chi connectivity index (χ0v) is 14.0. The molecule has 4 rings (SSSR count). The van der Waals surface area contributed by atoms with Crippen molar-refractivity contribution in [1.82, 2.24) is 4.90 Å². The van der Waals surface area contributed by atoms with Gasteiger partial charge >= 0.3 is 0 Å². The first-order chi connectivity index (χ1) is 11.6. The number of carbonyl (C=O) groups is 2. The van der Waals surface area contributed by atoms with Crippen molar-refractivity contribution in [2.75, 3.05) is 6.54 Å². The van der Waals surface area contributed by atoms with Gasteiger partial charge in [-0.05, 0) is 12.5 Å². The van der Waals surface area contributed by atoms with Gasteiger partial charge in [0.2, 0.25) is 0 Å². The number of rotatable bonds is 3. The van der Waals surface area contributed by atoms with Crippen LogP contribution in [0.4, 0.5) is 0 Å². The van der Waals surface area contributed by atoms with Gasteiger partial charge in [0.1, 0.15) is 0 Å². The number of Topliss-reactive ketones (excluding diaryl/α,β-unsaturated/α-hetero) is 2. The van der Waals surface area contributed by atoms with Gasteiger partial charge < -0.3 is 4.90 Å². The Morgan fingerprint density at radius 3 is 2.46 bits per heavy atom. The molecule has 0 spiro atoms. The lowest BCUT2D eigenvalue weighted by atomic mass is 10.0. The van der Waals surface area contributed by atoms with E-state index in [0.717, 1.165) is 21.9 Å². The fourth-order valence-corrected chi connectivity index (χ4v) is 4.05. The topological polar surface area (TPSA) is 37.4 Å². The van der Waals surface area contributed by atoms with E-state index in [1.807, 2.05) is 59.7 Å². The van der Waals surface area contributed by atoms with Gasteiger partial charge in [-0.15, -0.1) is 0 Å². The van der Waals surface area contributed by atoms with E-state index in [4.69, 9.17) is 0 Å². The molecule has 0 N–H and O–H groups in total. The van der Waals surface area contributed by atoms with E-state index in [0.29, 0.717) is 11.1 Å². The zero-order valence-electron chi connectivity index (χ0n) is 13.2. The molecule has 118 valence electrons. The largest absolute Gasteiger partial charge is 0.326 e. The molecule has 0 saturated carbocycles. The highest BCUT2D eigenvalue weighted by Gasteiger charge is 2.39. The maximum atomic E-state index is 12.8. The molecule has 2 aromatic carbocycles. The fraction of sp³-hybridized carbons (Fsp3) is 0.100. The predicted molar refractivity (Wildman–Crippen MR) is 96.3 cm³/mol. The lowest BCUT2D eigenvalue weighted by Crippen LogP contribution is -2.17. The number of nitrogens with zero attached hydrogens (tertiary/aromatic N) is 1. The Morgan fingerprint density at radius 1 is 1.04 bits per heavy atom. The number of ketones is 2. The van der Waals surface area contributed by atoms with Crippen molar-refractivity contribution in [2.24, 2.45) is 0 Å². The minimum absolute atomic E-state index is 0.107. The molecule has 2 aliphatic rings. The molecule has 24 heavy (non-hydrogen) atoms. The molecule has 2 aromatic rings. The van der Waals surface area contributed by atoms with E-state index >= 15 is 0 Å². The van der Waals surface area contributed by atoms with Crippen molar-refractivity contribution < 1.29 is 9.59 Å². The minimum Gasteiger partial charge on any atom is -0.326 e. The summed E-state index contributed by atoms with van der Waals surface area (Å²) < 4.78 is 0. The highest BCUT2D eigenvalue weighted by Crippen LogP contribution is 2.45. The van der Waals surface area contributed by atoms with Crippen LogP contribution in [0.15, 0.2) is 70.6 Å². The number of aryl methyl sites for hydroxylation is 1. The molecule has 0 saturated heterocycles. The number of carbonyl (C=O) groups excluding carboxylic acids is 2. The third-order valence-corrected chi connectivity index (χ3v) is 5.21. The SMILES string of the molecule is Cc1ccc(C(=O)C2=C3SC=C(c4ccccc4)N3CC2=O)cc1. The van der Waals surface area contributed by atoms with Crippen molar-refractivity contribution >= 4 is 29.0 Å². The second kappa shape index (κ2) is 5.80. The third kappa shape index (κ3) is 2.39. The van der Waals surface area contributed by atoms with E-state index in [1.54, 1.807) is 12.1 Å². The van der Waals surface area contributed by atoms with E-state index in [-0.39, 0.29) is 18.1 Å². The first kappa shape index (κ1) is 15.0. The molecule has 0 amide bonds. The summed E-state index contributed by atoms with van der Waals surface area (Å²) in [6.07, 6.45) is 0. The first-order valence-electron chi connectivity index (χ1n) is 7.74. The van der Waals surface area contributed by atoms with Crippen LogP contribution in [0.5, 0.6) is 0 Å². The molecule has 0 bridgehead atoms. The van der Waals surface area contributed by atoms with Crippen LogP contribution in [0.3, 0.4) is 0 Å². The lowest BCUT2D eigenvalue weighted by molar-refractivity contribution is -0.114. The summed E-state index contributed by atoms with van der Waals surface area (Å²) in [4.78, 5) is 27.2. The Hall–Kier alpha value is -2.59. The smallest absolute Gasteiger partial charge is 0.199 e. The number of hydrogen-bond acceptors (Lipinski definition) is 4. The summed E-state index contributed by atoms with van der Waals surface area (Å²) in [5.74, 6) is -0.294. The fourth-order valence-electron chi connectivity index (χ4n) is 2.95. The van der Waals surface area contributed by atoms with Gasteiger partial charge in [-0.1, -0.05) is 71.9 Å². The van der Waals surface area contributed by atoms with Crippen molar-refractivity contribution in [3.8, 4) is 0 Å². The zero-order chi connectivity index (χ0) is 16.7. The molecule has 0 aromatic heterocycles. The monoisotopic (exact) mass is 333 g/mol. The number of fused-ring (bicyclic) bond motifs is 1. The third-order valence-electron chi connectivity index (χ3n) is 4.22. The Balaban J connectivity index is 1.70. The summed E-state index contributed by atoms with van der Waals surface area (Å²) in [6, 6.07) is 17.3. The molecule has 0 radical (unpaired) electrons. The first-order valence-corrected chi connectivity index (χ1v) is 8.62. The molecular weight excluding hydrogens is 318 g/mol. The average Bonchev–Trinajstić information content (AvgIpc) is 3.13. The Kier molecular flexibility index (Phi) is 3.62. The van der Waals surface area contributed by atoms with E-state index in [2.05, 4.69) is 0 Å². The standard InChI is InChI=1S/C20H15NO2S/c1-13-7-9-15(10-8-13)19(23)18-17(22)11-21-16(12-24-20(18)21)14-5-3-2-4-6-14/h2-10,12H,11H2,1H3. The van der Waals surface area contributed by atoms with Gasteiger partial charge in [-0.2, -0.15) is 0 Å². The minimum atomic E-state index is -0.187. The number of hydrogen-bond donors (Lipinski definition) is 0. The second-order valence-electron chi connectivity index (χ2n) is 5.87. The Morgan fingerprint density at radius 2 is 1.75 bits per heavy atom. The van der Waals surface area contributed by atoms with Crippen molar-refractivity contribution in [1.29, 1.82) is 0 Å². The molecular formula is C20H15NO2S. The molecule has 2 heterocycles. The molecule has 0 fully saturated rings. The maximum absolute atomic E-state index is 12.8. The highest BCUT2D eigenvalue weighted by atomic mass is 32.2. The second-order valence-corrected chi connectivity index (χ2v) is 6.73. The lowest BCUT2D eigenvalue weighted by Gasteiger charge is -2.17. The molecule has 4 heteroatoms. The van der Waals surface area contributed by atoms with Gasteiger partial charge in [-0.3, -0.25) is 9.59 Å². The van der Waals surface area contributed by atoms with E-state index < -0.39 is 0 Å². The van der Waals surface area contributed by atoms with Gasteiger partial charge in [0.05, 0.1) is 22.8 Å². The van der Waals surface area contributed by atoms with E-state index in [9.17, 15) is 9.59 Å². The van der Waals surface area contributed by atoms with Crippen molar-refractivity contribution in [3.63, 3.8) is 0 Å². The Labute approximate surface area is 144 Å². The van der Waals surface area contributed by atoms with Crippen LogP contribution in [0.25, 0.3) is 5.70 Å². The van der Waals surface area contributed by atoms with Gasteiger partial charge in [0, 0.05) is 11.0 Å². The van der Waals surface area contributed by atoms with Crippen LogP contribution >= 0.6 is 11.8 Å². The molecule has 0 unspecified atom stereocenters.